The Labute approximate surface area is 182 Å². The first-order valence-corrected chi connectivity index (χ1v) is 10.6. The first-order valence-electron chi connectivity index (χ1n) is 9.38. The van der Waals surface area contributed by atoms with E-state index in [1.165, 1.54) is 11.3 Å². The molecule has 0 aliphatic heterocycles. The Morgan fingerprint density at radius 3 is 2.40 bits per heavy atom. The third kappa shape index (κ3) is 4.35. The summed E-state index contributed by atoms with van der Waals surface area (Å²) in [5.74, 6) is -0.673. The normalized spacial score (nSPS) is 10.7. The minimum Gasteiger partial charge on any atom is -0.352 e. The third-order valence-electron chi connectivity index (χ3n) is 4.60. The molecular weight excluding hydrogens is 418 g/mol. The SMILES string of the molecule is O=C(NCCc1cccnc1)c1ccccc1C(=O)Nc1sc2ccccc2c1Cl. The fraction of sp³-hybridized carbons (Fsp3) is 0.0870. The van der Waals surface area contributed by atoms with Gasteiger partial charge in [0.15, 0.2) is 0 Å². The predicted molar refractivity (Wildman–Crippen MR) is 122 cm³/mol. The van der Waals surface area contributed by atoms with Crippen molar-refractivity contribution in [2.75, 3.05) is 11.9 Å². The highest BCUT2D eigenvalue weighted by molar-refractivity contribution is 7.23. The summed E-state index contributed by atoms with van der Waals surface area (Å²) in [6, 6.07) is 18.2. The Morgan fingerprint density at radius 2 is 1.67 bits per heavy atom. The third-order valence-corrected chi connectivity index (χ3v) is 6.19. The minimum atomic E-state index is -0.374. The van der Waals surface area contributed by atoms with Gasteiger partial charge in [-0.15, -0.1) is 11.3 Å². The first kappa shape index (κ1) is 20.1. The first-order chi connectivity index (χ1) is 14.6. The summed E-state index contributed by atoms with van der Waals surface area (Å²) in [5, 5.41) is 7.68. The molecule has 2 aromatic heterocycles. The van der Waals surface area contributed by atoms with E-state index in [1.807, 2.05) is 36.4 Å². The van der Waals surface area contributed by atoms with Crippen molar-refractivity contribution in [3.05, 3.63) is 94.8 Å². The maximum absolute atomic E-state index is 12.9. The summed E-state index contributed by atoms with van der Waals surface area (Å²) >= 11 is 7.83. The lowest BCUT2D eigenvalue weighted by molar-refractivity contribution is 0.0941. The number of hydrogen-bond acceptors (Lipinski definition) is 4. The van der Waals surface area contributed by atoms with Crippen LogP contribution in [0.2, 0.25) is 5.02 Å². The molecule has 4 aromatic rings. The van der Waals surface area contributed by atoms with E-state index in [1.54, 1.807) is 36.7 Å². The van der Waals surface area contributed by atoms with Crippen LogP contribution in [0, 0.1) is 0 Å². The summed E-state index contributed by atoms with van der Waals surface area (Å²) in [6.07, 6.45) is 4.13. The van der Waals surface area contributed by atoms with Gasteiger partial charge in [0.1, 0.15) is 5.00 Å². The zero-order chi connectivity index (χ0) is 20.9. The summed E-state index contributed by atoms with van der Waals surface area (Å²) in [5.41, 5.74) is 1.64. The molecule has 2 amide bonds. The molecule has 30 heavy (non-hydrogen) atoms. The minimum absolute atomic E-state index is 0.296. The van der Waals surface area contributed by atoms with Crippen LogP contribution in [0.15, 0.2) is 73.1 Å². The molecule has 4 rings (SSSR count). The van der Waals surface area contributed by atoms with Gasteiger partial charge in [-0.25, -0.2) is 0 Å². The maximum Gasteiger partial charge on any atom is 0.257 e. The number of fused-ring (bicyclic) bond motifs is 1. The van der Waals surface area contributed by atoms with E-state index >= 15 is 0 Å². The lowest BCUT2D eigenvalue weighted by Gasteiger charge is -2.10. The molecule has 2 heterocycles. The Kier molecular flexibility index (Phi) is 6.07. The monoisotopic (exact) mass is 435 g/mol. The lowest BCUT2D eigenvalue weighted by Crippen LogP contribution is -2.28. The van der Waals surface area contributed by atoms with Gasteiger partial charge in [0.25, 0.3) is 11.8 Å². The zero-order valence-corrected chi connectivity index (χ0v) is 17.5. The van der Waals surface area contributed by atoms with Gasteiger partial charge in [-0.3, -0.25) is 14.6 Å². The summed E-state index contributed by atoms with van der Waals surface area (Å²) in [7, 11) is 0. The molecule has 0 saturated heterocycles. The molecule has 0 spiro atoms. The number of pyridine rings is 1. The number of nitrogens with one attached hydrogen (secondary N) is 2. The number of nitrogens with zero attached hydrogens (tertiary/aromatic N) is 1. The number of aromatic nitrogens is 1. The van der Waals surface area contributed by atoms with Crippen molar-refractivity contribution in [2.45, 2.75) is 6.42 Å². The van der Waals surface area contributed by atoms with Crippen molar-refractivity contribution in [1.82, 2.24) is 10.3 Å². The molecular formula is C23H18ClN3O2S. The second-order valence-corrected chi connectivity index (χ2v) is 8.04. The van der Waals surface area contributed by atoms with E-state index in [0.29, 0.717) is 34.1 Å². The van der Waals surface area contributed by atoms with Gasteiger partial charge in [0.2, 0.25) is 0 Å². The molecule has 0 aliphatic rings. The second-order valence-electron chi connectivity index (χ2n) is 6.61. The number of halogens is 1. The molecule has 0 aliphatic carbocycles. The van der Waals surface area contributed by atoms with Crippen LogP contribution in [0.1, 0.15) is 26.3 Å². The number of thiophene rings is 1. The van der Waals surface area contributed by atoms with Crippen LogP contribution in [-0.2, 0) is 6.42 Å². The molecule has 7 heteroatoms. The standard InChI is InChI=1S/C23H18ClN3O2S/c24-20-18-9-3-4-10-19(18)30-23(20)27-22(29)17-8-2-1-7-16(17)21(28)26-13-11-15-6-5-12-25-14-15/h1-10,12,14H,11,13H2,(H,26,28)(H,27,29). The number of amides is 2. The van der Waals surface area contributed by atoms with Crippen LogP contribution >= 0.6 is 22.9 Å². The van der Waals surface area contributed by atoms with E-state index in [9.17, 15) is 9.59 Å². The van der Waals surface area contributed by atoms with E-state index in [2.05, 4.69) is 15.6 Å². The fourth-order valence-corrected chi connectivity index (χ4v) is 4.48. The lowest BCUT2D eigenvalue weighted by atomic mass is 10.1. The molecule has 0 unspecified atom stereocenters. The Hall–Kier alpha value is -3.22. The fourth-order valence-electron chi connectivity index (χ4n) is 3.11. The van der Waals surface area contributed by atoms with Gasteiger partial charge < -0.3 is 10.6 Å². The molecule has 2 N–H and O–H groups in total. The van der Waals surface area contributed by atoms with Crippen LogP contribution in [0.4, 0.5) is 5.00 Å². The Morgan fingerprint density at radius 1 is 0.933 bits per heavy atom. The Bertz CT molecular complexity index is 1210. The van der Waals surface area contributed by atoms with Crippen molar-refractivity contribution < 1.29 is 9.59 Å². The second kappa shape index (κ2) is 9.07. The molecule has 0 saturated carbocycles. The molecule has 0 fully saturated rings. The Balaban J connectivity index is 1.48. The smallest absolute Gasteiger partial charge is 0.257 e. The van der Waals surface area contributed by atoms with Gasteiger partial charge in [0, 0.05) is 29.0 Å². The zero-order valence-electron chi connectivity index (χ0n) is 15.9. The predicted octanol–water partition coefficient (Wildman–Crippen LogP) is 5.17. The van der Waals surface area contributed by atoms with Crippen LogP contribution in [0.25, 0.3) is 10.1 Å². The number of benzene rings is 2. The van der Waals surface area contributed by atoms with Gasteiger partial charge >= 0.3 is 0 Å². The van der Waals surface area contributed by atoms with Crippen molar-refractivity contribution in [3.8, 4) is 0 Å². The molecule has 0 bridgehead atoms. The number of hydrogen-bond donors (Lipinski definition) is 2. The van der Waals surface area contributed by atoms with Crippen LogP contribution in [-0.4, -0.2) is 23.3 Å². The van der Waals surface area contributed by atoms with Crippen molar-refractivity contribution in [1.29, 1.82) is 0 Å². The van der Waals surface area contributed by atoms with Gasteiger partial charge in [0.05, 0.1) is 16.1 Å². The largest absolute Gasteiger partial charge is 0.352 e. The molecule has 150 valence electrons. The summed E-state index contributed by atoms with van der Waals surface area (Å²) in [4.78, 5) is 29.7. The molecule has 0 atom stereocenters. The van der Waals surface area contributed by atoms with E-state index in [-0.39, 0.29) is 11.8 Å². The van der Waals surface area contributed by atoms with E-state index in [4.69, 9.17) is 11.6 Å². The maximum atomic E-state index is 12.9. The highest BCUT2D eigenvalue weighted by Gasteiger charge is 2.19. The number of carbonyl (C=O) groups is 2. The van der Waals surface area contributed by atoms with Crippen molar-refractivity contribution >= 4 is 49.8 Å². The van der Waals surface area contributed by atoms with Gasteiger partial charge in [-0.1, -0.05) is 48.0 Å². The topological polar surface area (TPSA) is 71.1 Å². The highest BCUT2D eigenvalue weighted by atomic mass is 35.5. The number of carbonyl (C=O) groups excluding carboxylic acids is 2. The van der Waals surface area contributed by atoms with Crippen molar-refractivity contribution in [3.63, 3.8) is 0 Å². The van der Waals surface area contributed by atoms with Gasteiger partial charge in [-0.05, 0) is 36.2 Å². The average Bonchev–Trinajstić information content (AvgIpc) is 3.10. The number of anilines is 1. The molecule has 5 nitrogen and oxygen atoms in total. The summed E-state index contributed by atoms with van der Waals surface area (Å²) in [6.45, 7) is 0.447. The van der Waals surface area contributed by atoms with E-state index < -0.39 is 0 Å². The van der Waals surface area contributed by atoms with Gasteiger partial charge in [-0.2, -0.15) is 0 Å². The number of rotatable bonds is 6. The van der Waals surface area contributed by atoms with E-state index in [0.717, 1.165) is 15.6 Å². The quantitative estimate of drug-likeness (QED) is 0.438. The highest BCUT2D eigenvalue weighted by Crippen LogP contribution is 2.39. The van der Waals surface area contributed by atoms with Crippen LogP contribution in [0.3, 0.4) is 0 Å². The molecule has 2 aromatic carbocycles. The summed E-state index contributed by atoms with van der Waals surface area (Å²) < 4.78 is 0.985. The molecule has 0 radical (unpaired) electrons. The van der Waals surface area contributed by atoms with Crippen LogP contribution in [0.5, 0.6) is 0 Å². The van der Waals surface area contributed by atoms with Crippen molar-refractivity contribution in [2.24, 2.45) is 0 Å². The van der Waals surface area contributed by atoms with Crippen LogP contribution < -0.4 is 10.6 Å². The average molecular weight is 436 g/mol.